The monoisotopic (exact) mass is 264 g/mol. The lowest BCUT2D eigenvalue weighted by Crippen LogP contribution is -2.27. The lowest BCUT2D eigenvalue weighted by Gasteiger charge is -2.27. The molecule has 0 spiro atoms. The quantitative estimate of drug-likeness (QED) is 0.833. The molecular weight excluding hydrogens is 244 g/mol. The van der Waals surface area contributed by atoms with Crippen molar-refractivity contribution in [1.29, 1.82) is 0 Å². The van der Waals surface area contributed by atoms with Crippen molar-refractivity contribution < 1.29 is 0 Å². The Morgan fingerprint density at radius 2 is 2.22 bits per heavy atom. The van der Waals surface area contributed by atoms with Gasteiger partial charge in [0.05, 0.1) is 10.7 Å². The molecule has 1 N–H and O–H groups in total. The van der Waals surface area contributed by atoms with Crippen LogP contribution >= 0.6 is 11.6 Å². The summed E-state index contributed by atoms with van der Waals surface area (Å²) in [5.41, 5.74) is 2.40. The molecule has 2 rings (SSSR count). The van der Waals surface area contributed by atoms with Gasteiger partial charge in [0, 0.05) is 19.1 Å². The van der Waals surface area contributed by atoms with Gasteiger partial charge in [-0.3, -0.25) is 0 Å². The SMILES string of the molecule is CCNC(C)c1ccc(N2CC=CCC2)c(Cl)c1. The Bertz CT molecular complexity index is 429. The maximum Gasteiger partial charge on any atom is 0.0643 e. The summed E-state index contributed by atoms with van der Waals surface area (Å²) in [4.78, 5) is 2.32. The van der Waals surface area contributed by atoms with E-state index in [-0.39, 0.29) is 0 Å². The van der Waals surface area contributed by atoms with E-state index in [0.717, 1.165) is 36.8 Å². The zero-order chi connectivity index (χ0) is 13.0. The van der Waals surface area contributed by atoms with Gasteiger partial charge in [-0.15, -0.1) is 0 Å². The molecule has 18 heavy (non-hydrogen) atoms. The van der Waals surface area contributed by atoms with Crippen LogP contribution in [0.3, 0.4) is 0 Å². The normalized spacial score (nSPS) is 16.9. The van der Waals surface area contributed by atoms with Crippen LogP contribution in [-0.2, 0) is 0 Å². The summed E-state index contributed by atoms with van der Waals surface area (Å²) >= 11 is 6.41. The van der Waals surface area contributed by atoms with E-state index in [1.54, 1.807) is 0 Å². The fraction of sp³-hybridized carbons (Fsp3) is 0.467. The van der Waals surface area contributed by atoms with Gasteiger partial charge in [-0.2, -0.15) is 0 Å². The Morgan fingerprint density at radius 1 is 1.39 bits per heavy atom. The topological polar surface area (TPSA) is 15.3 Å². The van der Waals surface area contributed by atoms with Crippen LogP contribution in [0.15, 0.2) is 30.4 Å². The van der Waals surface area contributed by atoms with Crippen LogP contribution in [0.5, 0.6) is 0 Å². The summed E-state index contributed by atoms with van der Waals surface area (Å²) in [6.45, 7) is 7.27. The number of anilines is 1. The number of nitrogens with zero attached hydrogens (tertiary/aromatic N) is 1. The standard InChI is InChI=1S/C15H21ClN2/c1-3-17-12(2)13-7-8-15(14(16)11-13)18-9-5-4-6-10-18/h4-5,7-8,11-12,17H,3,6,9-10H2,1-2H3. The number of nitrogens with one attached hydrogen (secondary N) is 1. The van der Waals surface area contributed by atoms with Crippen molar-refractivity contribution in [3.05, 3.63) is 40.9 Å². The van der Waals surface area contributed by atoms with Crippen molar-refractivity contribution in [1.82, 2.24) is 5.32 Å². The number of hydrogen-bond acceptors (Lipinski definition) is 2. The number of rotatable bonds is 4. The van der Waals surface area contributed by atoms with Crippen LogP contribution in [0.25, 0.3) is 0 Å². The summed E-state index contributed by atoms with van der Waals surface area (Å²) < 4.78 is 0. The molecule has 0 aromatic heterocycles. The third kappa shape index (κ3) is 3.06. The maximum absolute atomic E-state index is 6.41. The molecule has 1 heterocycles. The Labute approximate surface area is 115 Å². The highest BCUT2D eigenvalue weighted by molar-refractivity contribution is 6.33. The highest BCUT2D eigenvalue weighted by Gasteiger charge is 2.13. The minimum absolute atomic E-state index is 0.350. The highest BCUT2D eigenvalue weighted by atomic mass is 35.5. The Balaban J connectivity index is 2.16. The molecule has 0 saturated carbocycles. The first kappa shape index (κ1) is 13.4. The van der Waals surface area contributed by atoms with E-state index in [4.69, 9.17) is 11.6 Å². The lowest BCUT2D eigenvalue weighted by atomic mass is 10.1. The second-order valence-corrected chi connectivity index (χ2v) is 5.10. The number of halogens is 1. The summed E-state index contributed by atoms with van der Waals surface area (Å²) in [5.74, 6) is 0. The highest BCUT2D eigenvalue weighted by Crippen LogP contribution is 2.29. The molecule has 2 nitrogen and oxygen atoms in total. The van der Waals surface area contributed by atoms with Crippen LogP contribution in [0.4, 0.5) is 5.69 Å². The predicted octanol–water partition coefficient (Wildman–Crippen LogP) is 3.78. The predicted molar refractivity (Wildman–Crippen MR) is 79.5 cm³/mol. The third-order valence-corrected chi connectivity index (χ3v) is 3.68. The first-order valence-corrected chi connectivity index (χ1v) is 7.03. The van der Waals surface area contributed by atoms with Crippen LogP contribution in [0.1, 0.15) is 31.9 Å². The number of hydrogen-bond donors (Lipinski definition) is 1. The Morgan fingerprint density at radius 3 is 2.83 bits per heavy atom. The molecule has 98 valence electrons. The van der Waals surface area contributed by atoms with E-state index < -0.39 is 0 Å². The minimum Gasteiger partial charge on any atom is -0.366 e. The molecule has 1 aromatic carbocycles. The smallest absolute Gasteiger partial charge is 0.0643 e. The molecule has 0 saturated heterocycles. The summed E-state index contributed by atoms with van der Waals surface area (Å²) in [5, 5.41) is 4.26. The molecule has 0 amide bonds. The van der Waals surface area contributed by atoms with Gasteiger partial charge in [-0.1, -0.05) is 36.7 Å². The minimum atomic E-state index is 0.350. The molecule has 1 atom stereocenters. The summed E-state index contributed by atoms with van der Waals surface area (Å²) in [6, 6.07) is 6.75. The average molecular weight is 265 g/mol. The fourth-order valence-electron chi connectivity index (χ4n) is 2.33. The van der Waals surface area contributed by atoms with Gasteiger partial charge in [-0.25, -0.2) is 0 Å². The molecule has 1 aromatic rings. The van der Waals surface area contributed by atoms with Crippen LogP contribution < -0.4 is 10.2 Å². The number of benzene rings is 1. The first-order valence-electron chi connectivity index (χ1n) is 6.65. The van der Waals surface area contributed by atoms with Crippen molar-refractivity contribution in [2.24, 2.45) is 0 Å². The van der Waals surface area contributed by atoms with Gasteiger partial charge in [0.25, 0.3) is 0 Å². The van der Waals surface area contributed by atoms with Gasteiger partial charge in [0.1, 0.15) is 0 Å². The van der Waals surface area contributed by atoms with E-state index in [1.165, 1.54) is 5.56 Å². The van der Waals surface area contributed by atoms with Gasteiger partial charge in [0.15, 0.2) is 0 Å². The molecule has 0 bridgehead atoms. The van der Waals surface area contributed by atoms with Gasteiger partial charge >= 0.3 is 0 Å². The van der Waals surface area contributed by atoms with Crippen molar-refractivity contribution in [2.75, 3.05) is 24.5 Å². The second kappa shape index (κ2) is 6.26. The van der Waals surface area contributed by atoms with Gasteiger partial charge in [-0.05, 0) is 37.6 Å². The lowest BCUT2D eigenvalue weighted by molar-refractivity contribution is 0.598. The largest absolute Gasteiger partial charge is 0.366 e. The summed E-state index contributed by atoms with van der Waals surface area (Å²) in [6.07, 6.45) is 5.53. The average Bonchev–Trinajstić information content (AvgIpc) is 2.40. The van der Waals surface area contributed by atoms with Crippen LogP contribution in [-0.4, -0.2) is 19.6 Å². The first-order chi connectivity index (χ1) is 8.72. The third-order valence-electron chi connectivity index (χ3n) is 3.38. The molecule has 1 aliphatic heterocycles. The molecule has 3 heteroatoms. The fourth-order valence-corrected chi connectivity index (χ4v) is 2.64. The van der Waals surface area contributed by atoms with Crippen LogP contribution in [0, 0.1) is 0 Å². The van der Waals surface area contributed by atoms with Gasteiger partial charge < -0.3 is 10.2 Å². The zero-order valence-corrected chi connectivity index (χ0v) is 11.9. The molecule has 1 unspecified atom stereocenters. The Hall–Kier alpha value is -0.990. The van der Waals surface area contributed by atoms with E-state index in [1.807, 2.05) is 0 Å². The van der Waals surface area contributed by atoms with Gasteiger partial charge in [0.2, 0.25) is 0 Å². The van der Waals surface area contributed by atoms with E-state index in [0.29, 0.717) is 6.04 Å². The zero-order valence-electron chi connectivity index (χ0n) is 11.1. The molecule has 0 aliphatic carbocycles. The molecule has 0 fully saturated rings. The van der Waals surface area contributed by atoms with E-state index >= 15 is 0 Å². The van der Waals surface area contributed by atoms with Crippen molar-refractivity contribution in [3.8, 4) is 0 Å². The van der Waals surface area contributed by atoms with E-state index in [2.05, 4.69) is 54.4 Å². The molecular formula is C15H21ClN2. The van der Waals surface area contributed by atoms with E-state index in [9.17, 15) is 0 Å². The molecule has 0 radical (unpaired) electrons. The Kier molecular flexibility index (Phi) is 4.67. The second-order valence-electron chi connectivity index (χ2n) is 4.70. The maximum atomic E-state index is 6.41. The molecule has 1 aliphatic rings. The summed E-state index contributed by atoms with van der Waals surface area (Å²) in [7, 11) is 0. The van der Waals surface area contributed by atoms with Crippen molar-refractivity contribution in [2.45, 2.75) is 26.3 Å². The van der Waals surface area contributed by atoms with Crippen LogP contribution in [0.2, 0.25) is 5.02 Å². The van der Waals surface area contributed by atoms with Crippen molar-refractivity contribution in [3.63, 3.8) is 0 Å². The van der Waals surface area contributed by atoms with Crippen molar-refractivity contribution >= 4 is 17.3 Å².